The van der Waals surface area contributed by atoms with Crippen LogP contribution in [0, 0.1) is 5.92 Å². The van der Waals surface area contributed by atoms with Crippen LogP contribution < -0.4 is 5.73 Å². The lowest BCUT2D eigenvalue weighted by Gasteiger charge is -2.15. The third-order valence-corrected chi connectivity index (χ3v) is 2.58. The molecule has 1 atom stereocenters. The maximum Gasteiger partial charge on any atom is 0.358 e. The normalized spacial score (nSPS) is 23.5. The Morgan fingerprint density at radius 1 is 1.60 bits per heavy atom. The number of aliphatic imine (C=N–C) groups is 1. The van der Waals surface area contributed by atoms with Gasteiger partial charge < -0.3 is 10.5 Å². The number of methoxy groups -OCH3 is 1. The highest BCUT2D eigenvalue weighted by molar-refractivity contribution is 6.09. The van der Waals surface area contributed by atoms with Gasteiger partial charge in [0.1, 0.15) is 0 Å². The van der Waals surface area contributed by atoms with Crippen molar-refractivity contribution in [1.29, 1.82) is 0 Å². The quantitative estimate of drug-likeness (QED) is 0.646. The summed E-state index contributed by atoms with van der Waals surface area (Å²) in [5.41, 5.74) is 8.51. The minimum absolute atomic E-state index is 0.0518. The first kappa shape index (κ1) is 9.71. The van der Waals surface area contributed by atoms with Gasteiger partial charge in [0, 0.05) is 0 Å². The summed E-state index contributed by atoms with van der Waals surface area (Å²) < 4.78 is 4.62. The highest BCUT2D eigenvalue weighted by Gasteiger charge is 2.32. The highest BCUT2D eigenvalue weighted by atomic mass is 16.5. The van der Waals surface area contributed by atoms with Gasteiger partial charge >= 0.3 is 5.97 Å². The first-order chi connectivity index (χ1) is 7.15. The number of esters is 1. The van der Waals surface area contributed by atoms with Gasteiger partial charge in [0.05, 0.1) is 24.4 Å². The molecule has 2 N–H and O–H groups in total. The molecule has 0 bridgehead atoms. The molecule has 2 rings (SSSR count). The topological polar surface area (TPSA) is 64.7 Å². The smallest absolute Gasteiger partial charge is 0.358 e. The van der Waals surface area contributed by atoms with Gasteiger partial charge in [-0.2, -0.15) is 0 Å². The lowest BCUT2D eigenvalue weighted by Crippen LogP contribution is -2.20. The molecule has 4 heteroatoms. The molecule has 1 aliphatic heterocycles. The van der Waals surface area contributed by atoms with Crippen LogP contribution in [0.3, 0.4) is 0 Å². The summed E-state index contributed by atoms with van der Waals surface area (Å²) in [6.45, 7) is 1.97. The van der Waals surface area contributed by atoms with E-state index < -0.39 is 5.97 Å². The Labute approximate surface area is 87.8 Å². The third kappa shape index (κ3) is 1.38. The van der Waals surface area contributed by atoms with Crippen LogP contribution in [0.5, 0.6) is 0 Å². The first-order valence-electron chi connectivity index (χ1n) is 4.66. The van der Waals surface area contributed by atoms with E-state index in [1.165, 1.54) is 7.11 Å². The molecule has 0 unspecified atom stereocenters. The molecule has 2 aliphatic rings. The maximum atomic E-state index is 11.4. The molecule has 1 heterocycles. The van der Waals surface area contributed by atoms with Crippen LogP contribution in [0.15, 0.2) is 40.2 Å². The fraction of sp³-hybridized carbons (Fsp3) is 0.273. The van der Waals surface area contributed by atoms with Crippen LogP contribution in [0.4, 0.5) is 0 Å². The van der Waals surface area contributed by atoms with Crippen molar-refractivity contribution in [3.63, 3.8) is 0 Å². The van der Waals surface area contributed by atoms with Crippen LogP contribution in [-0.4, -0.2) is 18.8 Å². The number of rotatable bonds is 1. The number of allylic oxidation sites excluding steroid dienone is 4. The summed E-state index contributed by atoms with van der Waals surface area (Å²) >= 11 is 0. The number of nitrogens with zero attached hydrogens (tertiary/aromatic N) is 1. The lowest BCUT2D eigenvalue weighted by molar-refractivity contribution is -0.136. The average Bonchev–Trinajstić information content (AvgIpc) is 2.56. The van der Waals surface area contributed by atoms with Crippen LogP contribution in [0.2, 0.25) is 0 Å². The van der Waals surface area contributed by atoms with Crippen molar-refractivity contribution in [3.05, 3.63) is 35.2 Å². The number of nitrogens with two attached hydrogens (primary N) is 1. The molecule has 0 spiro atoms. The Bertz CT molecular complexity index is 442. The molecule has 0 fully saturated rings. The molecular weight excluding hydrogens is 192 g/mol. The number of ether oxygens (including phenoxy) is 1. The molecule has 4 nitrogen and oxygen atoms in total. The Hall–Kier alpha value is -1.84. The maximum absolute atomic E-state index is 11.4. The molecule has 0 saturated heterocycles. The molecule has 0 aromatic rings. The van der Waals surface area contributed by atoms with Gasteiger partial charge in [-0.3, -0.25) is 0 Å². The van der Waals surface area contributed by atoms with E-state index in [4.69, 9.17) is 5.73 Å². The van der Waals surface area contributed by atoms with Crippen molar-refractivity contribution in [1.82, 2.24) is 0 Å². The SMILES string of the molecule is COC(=O)C1=C(N)[C@H]2C(C)=CC=CC2=N1. The van der Waals surface area contributed by atoms with Crippen molar-refractivity contribution in [2.24, 2.45) is 16.6 Å². The lowest BCUT2D eigenvalue weighted by atomic mass is 9.89. The molecule has 0 saturated carbocycles. The fourth-order valence-corrected chi connectivity index (χ4v) is 1.82. The van der Waals surface area contributed by atoms with E-state index in [1.54, 1.807) is 0 Å². The Kier molecular flexibility index (Phi) is 2.19. The molecule has 0 aromatic heterocycles. The van der Waals surface area contributed by atoms with E-state index in [0.29, 0.717) is 5.70 Å². The van der Waals surface area contributed by atoms with Crippen molar-refractivity contribution in [3.8, 4) is 0 Å². The summed E-state index contributed by atoms with van der Waals surface area (Å²) in [6, 6.07) is 0. The van der Waals surface area contributed by atoms with Crippen LogP contribution in [0.25, 0.3) is 0 Å². The molecule has 78 valence electrons. The molecular formula is C11H12N2O2. The van der Waals surface area contributed by atoms with Crippen molar-refractivity contribution < 1.29 is 9.53 Å². The zero-order valence-electron chi connectivity index (χ0n) is 8.65. The van der Waals surface area contributed by atoms with E-state index in [-0.39, 0.29) is 11.6 Å². The predicted molar refractivity (Wildman–Crippen MR) is 57.1 cm³/mol. The monoisotopic (exact) mass is 204 g/mol. The van der Waals surface area contributed by atoms with Gasteiger partial charge in [-0.05, 0) is 13.0 Å². The van der Waals surface area contributed by atoms with Crippen molar-refractivity contribution >= 4 is 11.7 Å². The number of hydrogen-bond acceptors (Lipinski definition) is 4. The summed E-state index contributed by atoms with van der Waals surface area (Å²) in [4.78, 5) is 15.5. The zero-order valence-corrected chi connectivity index (χ0v) is 8.65. The fourth-order valence-electron chi connectivity index (χ4n) is 1.82. The molecule has 1 aliphatic carbocycles. The van der Waals surface area contributed by atoms with Crippen molar-refractivity contribution in [2.45, 2.75) is 6.92 Å². The minimum Gasteiger partial charge on any atom is -0.464 e. The second kappa shape index (κ2) is 3.38. The van der Waals surface area contributed by atoms with Crippen LogP contribution in [0.1, 0.15) is 6.92 Å². The molecule has 15 heavy (non-hydrogen) atoms. The van der Waals surface area contributed by atoms with Crippen molar-refractivity contribution in [2.75, 3.05) is 7.11 Å². The summed E-state index contributed by atoms with van der Waals surface area (Å²) in [7, 11) is 1.32. The second-order valence-electron chi connectivity index (χ2n) is 3.54. The predicted octanol–water partition coefficient (Wildman–Crippen LogP) is 0.917. The standard InChI is InChI=1S/C11H12N2O2/c1-6-4-3-5-7-8(6)9(12)10(13-7)11(14)15-2/h3-5,8H,12H2,1-2H3/t8-/m0/s1. The van der Waals surface area contributed by atoms with E-state index in [0.717, 1.165) is 11.3 Å². The van der Waals surface area contributed by atoms with E-state index in [2.05, 4.69) is 9.73 Å². The minimum atomic E-state index is -0.476. The Morgan fingerprint density at radius 3 is 2.93 bits per heavy atom. The average molecular weight is 204 g/mol. The van der Waals surface area contributed by atoms with Gasteiger partial charge in [-0.25, -0.2) is 9.79 Å². The summed E-state index contributed by atoms with van der Waals surface area (Å²) in [5, 5.41) is 0. The van der Waals surface area contributed by atoms with E-state index in [1.807, 2.05) is 25.2 Å². The van der Waals surface area contributed by atoms with Crippen LogP contribution >= 0.6 is 0 Å². The summed E-state index contributed by atoms with van der Waals surface area (Å²) in [5.74, 6) is -0.528. The number of carbonyl (C=O) groups excluding carboxylic acids is 1. The van der Waals surface area contributed by atoms with Crippen LogP contribution in [-0.2, 0) is 9.53 Å². The highest BCUT2D eigenvalue weighted by Crippen LogP contribution is 2.31. The van der Waals surface area contributed by atoms with Gasteiger partial charge in [0.25, 0.3) is 0 Å². The molecule has 0 radical (unpaired) electrons. The molecule has 0 amide bonds. The van der Waals surface area contributed by atoms with E-state index >= 15 is 0 Å². The Balaban J connectivity index is 2.44. The number of carbonyl (C=O) groups is 1. The summed E-state index contributed by atoms with van der Waals surface area (Å²) in [6.07, 6.45) is 5.73. The van der Waals surface area contributed by atoms with E-state index in [9.17, 15) is 4.79 Å². The number of fused-ring (bicyclic) bond motifs is 1. The van der Waals surface area contributed by atoms with Gasteiger partial charge in [0.15, 0.2) is 5.70 Å². The second-order valence-corrected chi connectivity index (χ2v) is 3.54. The van der Waals surface area contributed by atoms with Gasteiger partial charge in [-0.1, -0.05) is 17.7 Å². The largest absolute Gasteiger partial charge is 0.464 e. The zero-order chi connectivity index (χ0) is 11.0. The molecule has 0 aromatic carbocycles. The van der Waals surface area contributed by atoms with Gasteiger partial charge in [-0.15, -0.1) is 0 Å². The first-order valence-corrected chi connectivity index (χ1v) is 4.66. The number of hydrogen-bond donors (Lipinski definition) is 1. The van der Waals surface area contributed by atoms with Gasteiger partial charge in [0.2, 0.25) is 0 Å². The third-order valence-electron chi connectivity index (χ3n) is 2.58. The Morgan fingerprint density at radius 2 is 2.33 bits per heavy atom.